The Labute approximate surface area is 76.5 Å². The molecule has 0 spiro atoms. The minimum Gasteiger partial charge on any atom is -0.341 e. The van der Waals surface area contributed by atoms with Gasteiger partial charge in [-0.25, -0.2) is 0 Å². The summed E-state index contributed by atoms with van der Waals surface area (Å²) in [7, 11) is 0. The summed E-state index contributed by atoms with van der Waals surface area (Å²) in [6.07, 6.45) is 2.67. The molecule has 0 aromatic rings. The molecule has 0 radical (unpaired) electrons. The molecule has 1 aliphatic rings. The fourth-order valence-electron chi connectivity index (χ4n) is 1.19. The molecule has 1 saturated heterocycles. The third-order valence-electron chi connectivity index (χ3n) is 1.93. The second kappa shape index (κ2) is 4.50. The van der Waals surface area contributed by atoms with E-state index in [9.17, 15) is 9.59 Å². The van der Waals surface area contributed by atoms with Crippen LogP contribution in [0, 0.1) is 0 Å². The smallest absolute Gasteiger partial charge is 0.230 e. The predicted octanol–water partition coefficient (Wildman–Crippen LogP) is 0.541. The van der Waals surface area contributed by atoms with Crippen LogP contribution in [0.2, 0.25) is 0 Å². The van der Waals surface area contributed by atoms with E-state index in [1.54, 1.807) is 16.7 Å². The molecule has 0 saturated carbocycles. The SMILES string of the molecule is CSCCN1CCC(=O)CC1=O. The fourth-order valence-corrected chi connectivity index (χ4v) is 1.59. The van der Waals surface area contributed by atoms with Crippen LogP contribution >= 0.6 is 11.8 Å². The second-order valence-electron chi connectivity index (χ2n) is 2.84. The van der Waals surface area contributed by atoms with E-state index < -0.39 is 0 Å². The molecule has 4 heteroatoms. The van der Waals surface area contributed by atoms with Crippen LogP contribution in [0.1, 0.15) is 12.8 Å². The highest BCUT2D eigenvalue weighted by atomic mass is 32.2. The molecule has 1 fully saturated rings. The molecule has 0 aromatic heterocycles. The maximum Gasteiger partial charge on any atom is 0.230 e. The van der Waals surface area contributed by atoms with E-state index in [1.165, 1.54) is 0 Å². The monoisotopic (exact) mass is 187 g/mol. The maximum atomic E-state index is 11.2. The molecule has 1 aliphatic heterocycles. The lowest BCUT2D eigenvalue weighted by Gasteiger charge is -2.25. The van der Waals surface area contributed by atoms with Gasteiger partial charge < -0.3 is 4.90 Å². The zero-order valence-electron chi connectivity index (χ0n) is 7.21. The maximum absolute atomic E-state index is 11.2. The molecule has 1 heterocycles. The van der Waals surface area contributed by atoms with Crippen LogP contribution in [0.4, 0.5) is 0 Å². The molecule has 12 heavy (non-hydrogen) atoms. The molecular weight excluding hydrogens is 174 g/mol. The third kappa shape index (κ3) is 2.52. The van der Waals surface area contributed by atoms with Gasteiger partial charge in [-0.1, -0.05) is 0 Å². The Morgan fingerprint density at radius 1 is 1.50 bits per heavy atom. The average Bonchev–Trinajstić information content (AvgIpc) is 2.03. The number of Topliss-reactive ketones (excluding diaryl/α,β-unsaturated/α-hetero) is 1. The van der Waals surface area contributed by atoms with E-state index in [0.29, 0.717) is 13.0 Å². The van der Waals surface area contributed by atoms with E-state index >= 15 is 0 Å². The molecule has 1 rings (SSSR count). The molecule has 68 valence electrons. The Morgan fingerprint density at radius 3 is 2.83 bits per heavy atom. The van der Waals surface area contributed by atoms with Crippen molar-refractivity contribution in [3.8, 4) is 0 Å². The van der Waals surface area contributed by atoms with E-state index in [2.05, 4.69) is 0 Å². The summed E-state index contributed by atoms with van der Waals surface area (Å²) in [6, 6.07) is 0. The van der Waals surface area contributed by atoms with Gasteiger partial charge in [0.05, 0.1) is 6.42 Å². The van der Waals surface area contributed by atoms with Crippen LogP contribution in [-0.4, -0.2) is 41.7 Å². The molecule has 0 atom stereocenters. The van der Waals surface area contributed by atoms with Crippen molar-refractivity contribution in [2.45, 2.75) is 12.8 Å². The zero-order valence-corrected chi connectivity index (χ0v) is 8.02. The van der Waals surface area contributed by atoms with Crippen LogP contribution in [0.5, 0.6) is 0 Å². The molecule has 0 unspecified atom stereocenters. The number of amides is 1. The first kappa shape index (κ1) is 9.58. The van der Waals surface area contributed by atoms with Crippen LogP contribution in [0.15, 0.2) is 0 Å². The fraction of sp³-hybridized carbons (Fsp3) is 0.750. The van der Waals surface area contributed by atoms with E-state index in [4.69, 9.17) is 0 Å². The van der Waals surface area contributed by atoms with Gasteiger partial charge >= 0.3 is 0 Å². The number of ketones is 1. The van der Waals surface area contributed by atoms with Gasteiger partial charge in [0, 0.05) is 25.3 Å². The van der Waals surface area contributed by atoms with Crippen LogP contribution in [0.25, 0.3) is 0 Å². The Morgan fingerprint density at radius 2 is 2.25 bits per heavy atom. The summed E-state index contributed by atoms with van der Waals surface area (Å²) in [6.45, 7) is 1.41. The van der Waals surface area contributed by atoms with Crippen LogP contribution in [-0.2, 0) is 9.59 Å². The van der Waals surface area contributed by atoms with Gasteiger partial charge in [-0.3, -0.25) is 9.59 Å². The Kier molecular flexibility index (Phi) is 3.59. The lowest BCUT2D eigenvalue weighted by molar-refractivity contribution is -0.139. The number of hydrogen-bond donors (Lipinski definition) is 0. The summed E-state index contributed by atoms with van der Waals surface area (Å²) >= 11 is 1.72. The van der Waals surface area contributed by atoms with Gasteiger partial charge in [0.15, 0.2) is 0 Å². The molecule has 3 nitrogen and oxygen atoms in total. The lowest BCUT2D eigenvalue weighted by atomic mass is 10.1. The van der Waals surface area contributed by atoms with Crippen molar-refractivity contribution < 1.29 is 9.59 Å². The van der Waals surface area contributed by atoms with Crippen LogP contribution in [0.3, 0.4) is 0 Å². The van der Waals surface area contributed by atoms with E-state index in [1.807, 2.05) is 6.26 Å². The van der Waals surface area contributed by atoms with Crippen LogP contribution < -0.4 is 0 Å². The summed E-state index contributed by atoms with van der Waals surface area (Å²) in [5.41, 5.74) is 0. The van der Waals surface area contributed by atoms with Crippen molar-refractivity contribution in [1.29, 1.82) is 0 Å². The predicted molar refractivity (Wildman–Crippen MR) is 49.2 cm³/mol. The van der Waals surface area contributed by atoms with Crippen molar-refractivity contribution in [2.24, 2.45) is 0 Å². The van der Waals surface area contributed by atoms with Crippen molar-refractivity contribution in [2.75, 3.05) is 25.1 Å². The number of nitrogens with zero attached hydrogens (tertiary/aromatic N) is 1. The largest absolute Gasteiger partial charge is 0.341 e. The number of carbonyl (C=O) groups is 2. The standard InChI is InChI=1S/C8H13NO2S/c1-12-5-4-9-3-2-7(10)6-8(9)11/h2-6H2,1H3. The summed E-state index contributed by atoms with van der Waals surface area (Å²) < 4.78 is 0. The molecule has 1 amide bonds. The van der Waals surface area contributed by atoms with Crippen molar-refractivity contribution in [3.63, 3.8) is 0 Å². The molecule has 0 aliphatic carbocycles. The number of thioether (sulfide) groups is 1. The van der Waals surface area contributed by atoms with Gasteiger partial charge in [-0.05, 0) is 6.26 Å². The molecule has 0 bridgehead atoms. The van der Waals surface area contributed by atoms with E-state index in [0.717, 1.165) is 12.3 Å². The van der Waals surface area contributed by atoms with Crippen molar-refractivity contribution in [1.82, 2.24) is 4.90 Å². The number of piperidine rings is 1. The number of rotatable bonds is 3. The second-order valence-corrected chi connectivity index (χ2v) is 3.82. The molecular formula is C8H13NO2S. The quantitative estimate of drug-likeness (QED) is 0.605. The highest BCUT2D eigenvalue weighted by Crippen LogP contribution is 2.07. The zero-order chi connectivity index (χ0) is 8.97. The van der Waals surface area contributed by atoms with Gasteiger partial charge in [0.2, 0.25) is 5.91 Å². The summed E-state index contributed by atoms with van der Waals surface area (Å²) in [4.78, 5) is 23.8. The van der Waals surface area contributed by atoms with Gasteiger partial charge in [0.1, 0.15) is 5.78 Å². The molecule has 0 N–H and O–H groups in total. The first-order chi connectivity index (χ1) is 5.74. The average molecular weight is 187 g/mol. The Bertz CT molecular complexity index is 193. The summed E-state index contributed by atoms with van der Waals surface area (Å²) in [5, 5.41) is 0. The molecule has 0 aromatic carbocycles. The topological polar surface area (TPSA) is 37.4 Å². The minimum absolute atomic E-state index is 0.000278. The van der Waals surface area contributed by atoms with Gasteiger partial charge in [0.25, 0.3) is 0 Å². The highest BCUT2D eigenvalue weighted by Gasteiger charge is 2.22. The normalized spacial score (nSPS) is 18.6. The summed E-state index contributed by atoms with van der Waals surface area (Å²) in [5.74, 6) is 1.04. The number of carbonyl (C=O) groups excluding carboxylic acids is 2. The highest BCUT2D eigenvalue weighted by molar-refractivity contribution is 7.98. The van der Waals surface area contributed by atoms with Gasteiger partial charge in [-0.15, -0.1) is 0 Å². The number of hydrogen-bond acceptors (Lipinski definition) is 3. The first-order valence-electron chi connectivity index (χ1n) is 4.02. The van der Waals surface area contributed by atoms with Crippen molar-refractivity contribution in [3.05, 3.63) is 0 Å². The number of likely N-dealkylation sites (tertiary alicyclic amines) is 1. The lowest BCUT2D eigenvalue weighted by Crippen LogP contribution is -2.40. The van der Waals surface area contributed by atoms with Crippen molar-refractivity contribution >= 4 is 23.5 Å². The third-order valence-corrected chi connectivity index (χ3v) is 2.52. The first-order valence-corrected chi connectivity index (χ1v) is 5.42. The van der Waals surface area contributed by atoms with E-state index in [-0.39, 0.29) is 18.1 Å². The minimum atomic E-state index is 0.000278. The van der Waals surface area contributed by atoms with Gasteiger partial charge in [-0.2, -0.15) is 11.8 Å². The Hall–Kier alpha value is -0.510. The Balaban J connectivity index is 2.35.